The van der Waals surface area contributed by atoms with Gasteiger partial charge in [0, 0.05) is 5.56 Å². The Morgan fingerprint density at radius 1 is 1.35 bits per heavy atom. The Kier molecular flexibility index (Phi) is 3.65. The van der Waals surface area contributed by atoms with E-state index in [9.17, 15) is 14.9 Å². The fraction of sp³-hybridized carbons (Fsp3) is 0.167. The monoisotopic (exact) mass is 275 g/mol. The highest BCUT2D eigenvalue weighted by atomic mass is 16.6. The number of rotatable bonds is 4. The van der Waals surface area contributed by atoms with Crippen molar-refractivity contribution in [2.24, 2.45) is 0 Å². The quantitative estimate of drug-likeness (QED) is 0.580. The van der Waals surface area contributed by atoms with E-state index in [-0.39, 0.29) is 11.5 Å². The molecule has 20 heavy (non-hydrogen) atoms. The SMILES string of the molecule is Cc1ccccc1C(=O)NNc1n[nH]c(C)c1[N+](=O)[O-]. The van der Waals surface area contributed by atoms with Crippen molar-refractivity contribution in [2.45, 2.75) is 13.8 Å². The average Bonchev–Trinajstić information content (AvgIpc) is 2.78. The molecule has 8 heteroatoms. The number of carbonyl (C=O) groups excluding carboxylic acids is 1. The summed E-state index contributed by atoms with van der Waals surface area (Å²) in [5.74, 6) is -0.424. The molecule has 0 atom stereocenters. The van der Waals surface area contributed by atoms with Crippen LogP contribution >= 0.6 is 0 Å². The van der Waals surface area contributed by atoms with Crippen molar-refractivity contribution in [3.8, 4) is 0 Å². The number of hydrogen-bond donors (Lipinski definition) is 3. The standard InChI is InChI=1S/C12H13N5O3/c1-7-5-3-4-6-9(7)12(18)16-15-11-10(17(19)20)8(2)13-14-11/h3-6H,1-2H3,(H,16,18)(H2,13,14,15). The Morgan fingerprint density at radius 2 is 2.05 bits per heavy atom. The number of aryl methyl sites for hydroxylation is 2. The van der Waals surface area contributed by atoms with Crippen LogP contribution in [0.5, 0.6) is 0 Å². The molecular weight excluding hydrogens is 262 g/mol. The third-order valence-electron chi connectivity index (χ3n) is 2.78. The summed E-state index contributed by atoms with van der Waals surface area (Å²) in [5, 5.41) is 17.1. The van der Waals surface area contributed by atoms with Crippen molar-refractivity contribution in [1.82, 2.24) is 15.6 Å². The summed E-state index contributed by atoms with van der Waals surface area (Å²) in [5.41, 5.74) is 6.24. The minimum Gasteiger partial charge on any atom is -0.274 e. The van der Waals surface area contributed by atoms with E-state index in [1.165, 1.54) is 6.92 Å². The van der Waals surface area contributed by atoms with E-state index >= 15 is 0 Å². The Labute approximate surface area is 114 Å². The highest BCUT2D eigenvalue weighted by Gasteiger charge is 2.22. The highest BCUT2D eigenvalue weighted by Crippen LogP contribution is 2.24. The number of benzene rings is 1. The van der Waals surface area contributed by atoms with Gasteiger partial charge in [0.1, 0.15) is 5.69 Å². The van der Waals surface area contributed by atoms with Gasteiger partial charge < -0.3 is 0 Å². The number of amides is 1. The van der Waals surface area contributed by atoms with E-state index in [1.807, 2.05) is 6.07 Å². The number of nitro groups is 1. The summed E-state index contributed by atoms with van der Waals surface area (Å²) in [6, 6.07) is 7.02. The first-order valence-corrected chi connectivity index (χ1v) is 5.82. The topological polar surface area (TPSA) is 113 Å². The number of hydrazine groups is 1. The van der Waals surface area contributed by atoms with Gasteiger partial charge in [0.2, 0.25) is 5.82 Å². The van der Waals surface area contributed by atoms with Gasteiger partial charge in [-0.15, -0.1) is 5.10 Å². The zero-order valence-electron chi connectivity index (χ0n) is 10.9. The van der Waals surface area contributed by atoms with Gasteiger partial charge in [0.25, 0.3) is 5.91 Å². The van der Waals surface area contributed by atoms with Crippen LogP contribution in [0.25, 0.3) is 0 Å². The highest BCUT2D eigenvalue weighted by molar-refractivity contribution is 5.96. The fourth-order valence-electron chi connectivity index (χ4n) is 1.74. The summed E-state index contributed by atoms with van der Waals surface area (Å²) in [4.78, 5) is 22.2. The Morgan fingerprint density at radius 3 is 2.70 bits per heavy atom. The molecule has 1 aromatic carbocycles. The summed E-state index contributed by atoms with van der Waals surface area (Å²) >= 11 is 0. The molecule has 1 heterocycles. The molecule has 0 aliphatic rings. The molecule has 2 aromatic rings. The average molecular weight is 275 g/mol. The second-order valence-corrected chi connectivity index (χ2v) is 4.20. The van der Waals surface area contributed by atoms with Crippen LogP contribution in [0.3, 0.4) is 0 Å². The van der Waals surface area contributed by atoms with Gasteiger partial charge in [-0.2, -0.15) is 0 Å². The zero-order valence-corrected chi connectivity index (χ0v) is 10.9. The van der Waals surface area contributed by atoms with Gasteiger partial charge >= 0.3 is 5.69 Å². The molecule has 1 amide bonds. The maximum Gasteiger partial charge on any atom is 0.335 e. The molecule has 0 saturated heterocycles. The van der Waals surface area contributed by atoms with Crippen LogP contribution in [-0.4, -0.2) is 21.0 Å². The lowest BCUT2D eigenvalue weighted by molar-refractivity contribution is -0.384. The predicted octanol–water partition coefficient (Wildman–Crippen LogP) is 1.69. The van der Waals surface area contributed by atoms with Crippen molar-refractivity contribution in [3.63, 3.8) is 0 Å². The summed E-state index contributed by atoms with van der Waals surface area (Å²) < 4.78 is 0. The van der Waals surface area contributed by atoms with Gasteiger partial charge in [-0.05, 0) is 25.5 Å². The molecule has 0 radical (unpaired) electrons. The fourth-order valence-corrected chi connectivity index (χ4v) is 1.74. The number of anilines is 1. The molecule has 1 aromatic heterocycles. The van der Waals surface area contributed by atoms with E-state index in [4.69, 9.17) is 0 Å². The zero-order chi connectivity index (χ0) is 14.7. The number of nitrogens with zero attached hydrogens (tertiary/aromatic N) is 2. The first-order chi connectivity index (χ1) is 9.50. The smallest absolute Gasteiger partial charge is 0.274 e. The van der Waals surface area contributed by atoms with E-state index in [1.54, 1.807) is 25.1 Å². The lowest BCUT2D eigenvalue weighted by atomic mass is 10.1. The van der Waals surface area contributed by atoms with Gasteiger partial charge in [-0.25, -0.2) is 0 Å². The number of aromatic nitrogens is 2. The summed E-state index contributed by atoms with van der Waals surface area (Å²) in [6.45, 7) is 3.33. The molecule has 0 unspecified atom stereocenters. The van der Waals surface area contributed by atoms with Crippen LogP contribution in [0.4, 0.5) is 11.5 Å². The van der Waals surface area contributed by atoms with Crippen LogP contribution in [-0.2, 0) is 0 Å². The van der Waals surface area contributed by atoms with Crippen molar-refractivity contribution < 1.29 is 9.72 Å². The number of aromatic amines is 1. The van der Waals surface area contributed by atoms with Crippen molar-refractivity contribution in [1.29, 1.82) is 0 Å². The van der Waals surface area contributed by atoms with Crippen LogP contribution in [0.2, 0.25) is 0 Å². The second-order valence-electron chi connectivity index (χ2n) is 4.20. The minimum absolute atomic E-state index is 0.0329. The van der Waals surface area contributed by atoms with Gasteiger partial charge in [-0.3, -0.25) is 30.9 Å². The van der Waals surface area contributed by atoms with Crippen molar-refractivity contribution in [2.75, 3.05) is 5.43 Å². The molecule has 0 aliphatic heterocycles. The molecule has 0 bridgehead atoms. The maximum absolute atomic E-state index is 11.9. The number of H-pyrrole nitrogens is 1. The molecule has 0 saturated carbocycles. The van der Waals surface area contributed by atoms with Crippen LogP contribution in [0, 0.1) is 24.0 Å². The predicted molar refractivity (Wildman–Crippen MR) is 72.2 cm³/mol. The van der Waals surface area contributed by atoms with E-state index in [2.05, 4.69) is 21.0 Å². The second kappa shape index (κ2) is 5.39. The van der Waals surface area contributed by atoms with E-state index in [0.29, 0.717) is 11.3 Å². The molecule has 2 rings (SSSR count). The van der Waals surface area contributed by atoms with E-state index in [0.717, 1.165) is 5.56 Å². The van der Waals surface area contributed by atoms with Gasteiger partial charge in [0.05, 0.1) is 4.92 Å². The molecular formula is C12H13N5O3. The lowest BCUT2D eigenvalue weighted by Crippen LogP contribution is -2.30. The third-order valence-corrected chi connectivity index (χ3v) is 2.78. The molecule has 0 aliphatic carbocycles. The summed E-state index contributed by atoms with van der Waals surface area (Å²) in [6.07, 6.45) is 0. The normalized spacial score (nSPS) is 10.1. The number of carbonyl (C=O) groups is 1. The molecule has 0 fully saturated rings. The summed E-state index contributed by atoms with van der Waals surface area (Å²) in [7, 11) is 0. The van der Waals surface area contributed by atoms with Crippen LogP contribution in [0.1, 0.15) is 21.6 Å². The van der Waals surface area contributed by atoms with Crippen molar-refractivity contribution >= 4 is 17.4 Å². The first-order valence-electron chi connectivity index (χ1n) is 5.82. The van der Waals surface area contributed by atoms with Gasteiger partial charge in [-0.1, -0.05) is 18.2 Å². The Balaban J connectivity index is 2.12. The Hall–Kier alpha value is -2.90. The number of hydrogen-bond acceptors (Lipinski definition) is 5. The molecule has 3 N–H and O–H groups in total. The number of nitrogens with one attached hydrogen (secondary N) is 3. The van der Waals surface area contributed by atoms with Crippen molar-refractivity contribution in [3.05, 3.63) is 51.2 Å². The largest absolute Gasteiger partial charge is 0.335 e. The Bertz CT molecular complexity index is 665. The van der Waals surface area contributed by atoms with E-state index < -0.39 is 10.8 Å². The first kappa shape index (κ1) is 13.5. The maximum atomic E-state index is 11.9. The van der Waals surface area contributed by atoms with Crippen LogP contribution < -0.4 is 10.9 Å². The van der Waals surface area contributed by atoms with Gasteiger partial charge in [0.15, 0.2) is 0 Å². The molecule has 0 spiro atoms. The van der Waals surface area contributed by atoms with Crippen LogP contribution in [0.15, 0.2) is 24.3 Å². The minimum atomic E-state index is -0.568. The lowest BCUT2D eigenvalue weighted by Gasteiger charge is -2.07. The molecule has 104 valence electrons. The molecule has 8 nitrogen and oxygen atoms in total. The third kappa shape index (κ3) is 2.58.